The second kappa shape index (κ2) is 4.09. The molecule has 0 bridgehead atoms. The van der Waals surface area contributed by atoms with Crippen molar-refractivity contribution in [1.29, 1.82) is 0 Å². The summed E-state index contributed by atoms with van der Waals surface area (Å²) in [5.74, 6) is -0.414. The van der Waals surface area contributed by atoms with Gasteiger partial charge in [0, 0.05) is 12.4 Å². The van der Waals surface area contributed by atoms with Crippen molar-refractivity contribution in [1.82, 2.24) is 9.97 Å². The van der Waals surface area contributed by atoms with Crippen LogP contribution in [-0.4, -0.2) is 27.0 Å². The summed E-state index contributed by atoms with van der Waals surface area (Å²) in [5.41, 5.74) is 0.351. The third-order valence-corrected chi connectivity index (χ3v) is 1.75. The van der Waals surface area contributed by atoms with Gasteiger partial charge in [-0.3, -0.25) is 4.79 Å². The Morgan fingerprint density at radius 1 is 1.38 bits per heavy atom. The molecule has 1 aromatic rings. The maximum atomic E-state index is 11.5. The molecule has 1 heterocycles. The van der Waals surface area contributed by atoms with Gasteiger partial charge in [-0.1, -0.05) is 13.8 Å². The quantitative estimate of drug-likeness (QED) is 0.694. The summed E-state index contributed by atoms with van der Waals surface area (Å²) in [4.78, 5) is 18.9. The van der Waals surface area contributed by atoms with Crippen molar-refractivity contribution in [3.8, 4) is 0 Å². The molecule has 0 aromatic carbocycles. The normalized spacial score (nSPS) is 12.9. The van der Waals surface area contributed by atoms with E-state index in [4.69, 9.17) is 0 Å². The van der Waals surface area contributed by atoms with E-state index in [-0.39, 0.29) is 11.7 Å². The van der Waals surface area contributed by atoms with Crippen LogP contribution in [0.5, 0.6) is 0 Å². The van der Waals surface area contributed by atoms with Crippen LogP contribution in [0.2, 0.25) is 0 Å². The van der Waals surface area contributed by atoms with Crippen LogP contribution in [0.25, 0.3) is 0 Å². The van der Waals surface area contributed by atoms with E-state index in [1.807, 2.05) is 0 Å². The summed E-state index contributed by atoms with van der Waals surface area (Å²) in [6.07, 6.45) is 3.19. The van der Waals surface area contributed by atoms with Crippen LogP contribution >= 0.6 is 0 Å². The first-order valence-electron chi connectivity index (χ1n) is 4.10. The second-order valence-electron chi connectivity index (χ2n) is 3.18. The van der Waals surface area contributed by atoms with E-state index >= 15 is 0 Å². The first kappa shape index (κ1) is 9.80. The summed E-state index contributed by atoms with van der Waals surface area (Å²) >= 11 is 0. The van der Waals surface area contributed by atoms with Gasteiger partial charge in [0.05, 0.1) is 5.56 Å². The highest BCUT2D eigenvalue weighted by molar-refractivity contribution is 5.98. The van der Waals surface area contributed by atoms with Gasteiger partial charge >= 0.3 is 0 Å². The van der Waals surface area contributed by atoms with Gasteiger partial charge in [0.2, 0.25) is 0 Å². The summed E-state index contributed by atoms with van der Waals surface area (Å²) in [6.45, 7) is 3.57. The van der Waals surface area contributed by atoms with E-state index in [1.54, 1.807) is 13.8 Å². The lowest BCUT2D eigenvalue weighted by Crippen LogP contribution is -2.26. The van der Waals surface area contributed by atoms with Gasteiger partial charge in [-0.25, -0.2) is 9.97 Å². The Hall–Kier alpha value is -1.29. The molecule has 0 amide bonds. The minimum atomic E-state index is -0.967. The SMILES string of the molecule is CC(C)C(O)C(=O)c1cncnc1. The molecule has 70 valence electrons. The maximum absolute atomic E-state index is 11.5. The largest absolute Gasteiger partial charge is 0.385 e. The summed E-state index contributed by atoms with van der Waals surface area (Å²) < 4.78 is 0. The first-order valence-corrected chi connectivity index (χ1v) is 4.10. The van der Waals surface area contributed by atoms with E-state index in [0.717, 1.165) is 0 Å². The molecule has 13 heavy (non-hydrogen) atoms. The minimum absolute atomic E-state index is 0.0901. The van der Waals surface area contributed by atoms with Crippen LogP contribution in [-0.2, 0) is 0 Å². The zero-order valence-electron chi connectivity index (χ0n) is 7.64. The van der Waals surface area contributed by atoms with E-state index < -0.39 is 6.10 Å². The predicted molar refractivity (Wildman–Crippen MR) is 47.2 cm³/mol. The van der Waals surface area contributed by atoms with Crippen LogP contribution in [0, 0.1) is 5.92 Å². The average molecular weight is 180 g/mol. The summed E-state index contributed by atoms with van der Waals surface area (Å²) in [7, 11) is 0. The molecule has 0 fully saturated rings. The fraction of sp³-hybridized carbons (Fsp3) is 0.444. The molecule has 1 atom stereocenters. The molecule has 0 saturated carbocycles. The highest BCUT2D eigenvalue weighted by Gasteiger charge is 2.20. The van der Waals surface area contributed by atoms with Crippen LogP contribution < -0.4 is 0 Å². The van der Waals surface area contributed by atoms with Crippen LogP contribution in [0.1, 0.15) is 24.2 Å². The maximum Gasteiger partial charge on any atom is 0.194 e. The summed E-state index contributed by atoms with van der Waals surface area (Å²) in [5, 5.41) is 9.44. The third-order valence-electron chi connectivity index (χ3n) is 1.75. The molecule has 0 spiro atoms. The molecule has 1 unspecified atom stereocenters. The number of aromatic nitrogens is 2. The average Bonchev–Trinajstić information content (AvgIpc) is 2.17. The Kier molecular flexibility index (Phi) is 3.08. The summed E-state index contributed by atoms with van der Waals surface area (Å²) in [6, 6.07) is 0. The van der Waals surface area contributed by atoms with E-state index in [1.165, 1.54) is 18.7 Å². The molecule has 1 rings (SSSR count). The van der Waals surface area contributed by atoms with Gasteiger partial charge in [0.15, 0.2) is 5.78 Å². The van der Waals surface area contributed by atoms with Gasteiger partial charge in [0.1, 0.15) is 12.4 Å². The van der Waals surface area contributed by atoms with Crippen LogP contribution in [0.3, 0.4) is 0 Å². The number of hydrogen-bond acceptors (Lipinski definition) is 4. The number of rotatable bonds is 3. The number of carbonyl (C=O) groups excluding carboxylic acids is 1. The lowest BCUT2D eigenvalue weighted by molar-refractivity contribution is 0.0647. The number of Topliss-reactive ketones (excluding diaryl/α,β-unsaturated/α-hetero) is 1. The van der Waals surface area contributed by atoms with Crippen molar-refractivity contribution in [2.24, 2.45) is 5.92 Å². The molecule has 0 aliphatic carbocycles. The Bertz CT molecular complexity index is 285. The van der Waals surface area contributed by atoms with Crippen molar-refractivity contribution in [2.75, 3.05) is 0 Å². The second-order valence-corrected chi connectivity index (χ2v) is 3.18. The first-order chi connectivity index (χ1) is 6.13. The molecular formula is C9H12N2O2. The molecule has 4 nitrogen and oxygen atoms in total. The Labute approximate surface area is 76.7 Å². The van der Waals surface area contributed by atoms with E-state index in [9.17, 15) is 9.90 Å². The molecule has 0 aliphatic rings. The van der Waals surface area contributed by atoms with Gasteiger partial charge < -0.3 is 5.11 Å². The van der Waals surface area contributed by atoms with Gasteiger partial charge in [-0.15, -0.1) is 0 Å². The molecule has 4 heteroatoms. The zero-order chi connectivity index (χ0) is 9.84. The number of carbonyl (C=O) groups is 1. The third kappa shape index (κ3) is 2.32. The standard InChI is InChI=1S/C9H12N2O2/c1-6(2)8(12)9(13)7-3-10-5-11-4-7/h3-6,8,12H,1-2H3. The van der Waals surface area contributed by atoms with Crippen molar-refractivity contribution in [3.05, 3.63) is 24.3 Å². The number of aliphatic hydroxyl groups is 1. The Morgan fingerprint density at radius 3 is 2.38 bits per heavy atom. The Morgan fingerprint density at radius 2 is 1.92 bits per heavy atom. The fourth-order valence-electron chi connectivity index (χ4n) is 0.900. The van der Waals surface area contributed by atoms with E-state index in [2.05, 4.69) is 9.97 Å². The van der Waals surface area contributed by atoms with Gasteiger partial charge in [-0.2, -0.15) is 0 Å². The number of nitrogens with zero attached hydrogens (tertiary/aromatic N) is 2. The molecule has 0 saturated heterocycles. The van der Waals surface area contributed by atoms with Gasteiger partial charge in [0.25, 0.3) is 0 Å². The van der Waals surface area contributed by atoms with Crippen molar-refractivity contribution < 1.29 is 9.90 Å². The molecular weight excluding hydrogens is 168 g/mol. The highest BCUT2D eigenvalue weighted by atomic mass is 16.3. The smallest absolute Gasteiger partial charge is 0.194 e. The Balaban J connectivity index is 2.80. The topological polar surface area (TPSA) is 63.1 Å². The minimum Gasteiger partial charge on any atom is -0.385 e. The molecule has 0 aliphatic heterocycles. The van der Waals surface area contributed by atoms with Crippen molar-refractivity contribution in [2.45, 2.75) is 20.0 Å². The molecule has 1 aromatic heterocycles. The van der Waals surface area contributed by atoms with E-state index in [0.29, 0.717) is 5.56 Å². The molecule has 0 radical (unpaired) electrons. The highest BCUT2D eigenvalue weighted by Crippen LogP contribution is 2.08. The zero-order valence-corrected chi connectivity index (χ0v) is 7.64. The number of aliphatic hydroxyl groups excluding tert-OH is 1. The van der Waals surface area contributed by atoms with Crippen LogP contribution in [0.4, 0.5) is 0 Å². The monoisotopic (exact) mass is 180 g/mol. The number of ketones is 1. The van der Waals surface area contributed by atoms with Crippen molar-refractivity contribution >= 4 is 5.78 Å². The molecule has 1 N–H and O–H groups in total. The predicted octanol–water partition coefficient (Wildman–Crippen LogP) is 0.676. The van der Waals surface area contributed by atoms with Crippen LogP contribution in [0.15, 0.2) is 18.7 Å². The van der Waals surface area contributed by atoms with Gasteiger partial charge in [-0.05, 0) is 5.92 Å². The number of hydrogen-bond donors (Lipinski definition) is 1. The lowest BCUT2D eigenvalue weighted by atomic mass is 10.00. The van der Waals surface area contributed by atoms with Crippen molar-refractivity contribution in [3.63, 3.8) is 0 Å². The fourth-order valence-corrected chi connectivity index (χ4v) is 0.900. The lowest BCUT2D eigenvalue weighted by Gasteiger charge is -2.11.